The third-order valence-corrected chi connectivity index (χ3v) is 3.46. The quantitative estimate of drug-likeness (QED) is 0.728. The van der Waals surface area contributed by atoms with E-state index in [2.05, 4.69) is 15.4 Å². The highest BCUT2D eigenvalue weighted by molar-refractivity contribution is 7.13. The molecule has 0 bridgehead atoms. The molecule has 0 unspecified atom stereocenters. The maximum atomic E-state index is 5.84. The summed E-state index contributed by atoms with van der Waals surface area (Å²) in [7, 11) is 0. The molecular formula is C11H10N4OS. The first-order valence-corrected chi connectivity index (χ1v) is 5.94. The summed E-state index contributed by atoms with van der Waals surface area (Å²) in [4.78, 5) is 1.04. The van der Waals surface area contributed by atoms with Crippen LogP contribution in [-0.4, -0.2) is 15.4 Å². The van der Waals surface area contributed by atoms with Crippen LogP contribution in [0.5, 0.6) is 0 Å². The lowest BCUT2D eigenvalue weighted by Gasteiger charge is -1.97. The number of nitrogens with one attached hydrogen (secondary N) is 1. The van der Waals surface area contributed by atoms with E-state index in [1.54, 1.807) is 17.5 Å². The zero-order valence-electron chi connectivity index (χ0n) is 9.10. The van der Waals surface area contributed by atoms with Gasteiger partial charge in [-0.1, -0.05) is 11.2 Å². The van der Waals surface area contributed by atoms with Crippen molar-refractivity contribution in [1.82, 2.24) is 15.4 Å². The van der Waals surface area contributed by atoms with Gasteiger partial charge in [0.1, 0.15) is 5.69 Å². The second-order valence-corrected chi connectivity index (χ2v) is 4.60. The summed E-state index contributed by atoms with van der Waals surface area (Å²) in [6, 6.07) is 3.96. The fraction of sp³-hybridized carbons (Fsp3) is 0.0909. The van der Waals surface area contributed by atoms with Crippen molar-refractivity contribution in [2.24, 2.45) is 0 Å². The van der Waals surface area contributed by atoms with Crippen molar-refractivity contribution in [3.05, 3.63) is 29.4 Å². The Bertz CT molecular complexity index is 638. The van der Waals surface area contributed by atoms with Gasteiger partial charge in [0.05, 0.1) is 11.8 Å². The Morgan fingerprint density at radius 2 is 2.35 bits per heavy atom. The second-order valence-electron chi connectivity index (χ2n) is 3.66. The van der Waals surface area contributed by atoms with Crippen LogP contribution in [0.3, 0.4) is 0 Å². The molecule has 0 amide bonds. The molecule has 0 atom stereocenters. The fourth-order valence-electron chi connectivity index (χ4n) is 1.74. The van der Waals surface area contributed by atoms with E-state index in [0.717, 1.165) is 27.4 Å². The molecule has 0 aliphatic heterocycles. The van der Waals surface area contributed by atoms with E-state index >= 15 is 0 Å². The number of anilines is 1. The number of aromatic amines is 1. The summed E-state index contributed by atoms with van der Waals surface area (Å²) in [5.74, 6) is 0.336. The number of nitrogens with two attached hydrogens (primary N) is 1. The predicted octanol–water partition coefficient (Wildman–Crippen LogP) is 2.68. The Kier molecular flexibility index (Phi) is 2.22. The number of H-pyrrole nitrogens is 1. The molecule has 0 fully saturated rings. The van der Waals surface area contributed by atoms with E-state index < -0.39 is 0 Å². The third-order valence-electron chi connectivity index (χ3n) is 2.57. The van der Waals surface area contributed by atoms with Crippen molar-refractivity contribution in [2.75, 3.05) is 5.73 Å². The Morgan fingerprint density at radius 1 is 1.47 bits per heavy atom. The summed E-state index contributed by atoms with van der Waals surface area (Å²) in [5.41, 5.74) is 9.26. The molecule has 3 heterocycles. The highest BCUT2D eigenvalue weighted by Crippen LogP contribution is 2.38. The van der Waals surface area contributed by atoms with Gasteiger partial charge in [-0.25, -0.2) is 0 Å². The molecule has 0 saturated carbocycles. The molecule has 3 N–H and O–H groups in total. The SMILES string of the molecule is Cc1[nH]ncc1-c1noc(N)c1-c1cccs1. The predicted molar refractivity (Wildman–Crippen MR) is 66.5 cm³/mol. The molecule has 0 radical (unpaired) electrons. The maximum Gasteiger partial charge on any atom is 0.231 e. The average Bonchev–Trinajstić information content (AvgIpc) is 2.98. The lowest BCUT2D eigenvalue weighted by Crippen LogP contribution is -1.86. The van der Waals surface area contributed by atoms with E-state index in [0.29, 0.717) is 5.88 Å². The number of rotatable bonds is 2. The molecule has 0 aliphatic carbocycles. The fourth-order valence-corrected chi connectivity index (χ4v) is 2.51. The van der Waals surface area contributed by atoms with E-state index in [-0.39, 0.29) is 0 Å². The highest BCUT2D eigenvalue weighted by Gasteiger charge is 2.20. The molecule has 0 aliphatic rings. The Hall–Kier alpha value is -2.08. The number of aryl methyl sites for hydroxylation is 1. The normalized spacial score (nSPS) is 10.9. The first kappa shape index (κ1) is 10.1. The van der Waals surface area contributed by atoms with E-state index in [4.69, 9.17) is 10.3 Å². The van der Waals surface area contributed by atoms with Crippen LogP contribution in [-0.2, 0) is 0 Å². The van der Waals surface area contributed by atoms with Gasteiger partial charge < -0.3 is 10.3 Å². The smallest absolute Gasteiger partial charge is 0.231 e. The zero-order chi connectivity index (χ0) is 11.8. The van der Waals surface area contributed by atoms with Crippen molar-refractivity contribution >= 4 is 17.2 Å². The van der Waals surface area contributed by atoms with Crippen LogP contribution in [0, 0.1) is 6.92 Å². The van der Waals surface area contributed by atoms with Gasteiger partial charge in [-0.15, -0.1) is 11.3 Å². The summed E-state index contributed by atoms with van der Waals surface area (Å²) in [6.07, 6.45) is 1.73. The number of aromatic nitrogens is 3. The standard InChI is InChI=1S/C11H10N4OS/c1-6-7(5-13-14-6)10-9(11(12)16-15-10)8-3-2-4-17-8/h2-5H,12H2,1H3,(H,13,14). The minimum absolute atomic E-state index is 0.336. The van der Waals surface area contributed by atoms with Crippen molar-refractivity contribution in [3.8, 4) is 21.7 Å². The Morgan fingerprint density at radius 3 is 3.00 bits per heavy atom. The minimum Gasteiger partial charge on any atom is -0.367 e. The molecule has 3 aromatic heterocycles. The molecule has 17 heavy (non-hydrogen) atoms. The van der Waals surface area contributed by atoms with Gasteiger partial charge in [-0.05, 0) is 18.4 Å². The molecule has 86 valence electrons. The Balaban J connectivity index is 2.23. The zero-order valence-corrected chi connectivity index (χ0v) is 9.91. The lowest BCUT2D eigenvalue weighted by molar-refractivity contribution is 0.439. The van der Waals surface area contributed by atoms with E-state index in [1.165, 1.54) is 0 Å². The van der Waals surface area contributed by atoms with Crippen molar-refractivity contribution in [1.29, 1.82) is 0 Å². The van der Waals surface area contributed by atoms with E-state index in [9.17, 15) is 0 Å². The average molecular weight is 246 g/mol. The van der Waals surface area contributed by atoms with Crippen LogP contribution in [0.1, 0.15) is 5.69 Å². The monoisotopic (exact) mass is 246 g/mol. The van der Waals surface area contributed by atoms with Crippen LogP contribution in [0.2, 0.25) is 0 Å². The first-order chi connectivity index (χ1) is 8.27. The summed E-state index contributed by atoms with van der Waals surface area (Å²) < 4.78 is 5.09. The highest BCUT2D eigenvalue weighted by atomic mass is 32.1. The number of nitrogen functional groups attached to an aromatic ring is 1. The third kappa shape index (κ3) is 1.53. The van der Waals surface area contributed by atoms with Crippen LogP contribution in [0.25, 0.3) is 21.7 Å². The molecule has 0 aromatic carbocycles. The first-order valence-electron chi connectivity index (χ1n) is 5.06. The Labute approximate surface area is 101 Å². The van der Waals surface area contributed by atoms with Crippen LogP contribution in [0.15, 0.2) is 28.2 Å². The number of hydrogen-bond donors (Lipinski definition) is 2. The van der Waals surface area contributed by atoms with Crippen LogP contribution < -0.4 is 5.73 Å². The number of thiophene rings is 1. The topological polar surface area (TPSA) is 80.7 Å². The number of nitrogens with zero attached hydrogens (tertiary/aromatic N) is 2. The molecule has 0 spiro atoms. The summed E-state index contributed by atoms with van der Waals surface area (Å²) in [6.45, 7) is 1.94. The van der Waals surface area contributed by atoms with Crippen molar-refractivity contribution < 1.29 is 4.52 Å². The molecule has 3 rings (SSSR count). The van der Waals surface area contributed by atoms with Gasteiger partial charge in [-0.3, -0.25) is 5.10 Å². The molecule has 6 heteroatoms. The van der Waals surface area contributed by atoms with Gasteiger partial charge in [0.2, 0.25) is 5.88 Å². The maximum absolute atomic E-state index is 5.84. The van der Waals surface area contributed by atoms with Crippen molar-refractivity contribution in [3.63, 3.8) is 0 Å². The molecule has 5 nitrogen and oxygen atoms in total. The molecule has 3 aromatic rings. The lowest BCUT2D eigenvalue weighted by atomic mass is 10.1. The van der Waals surface area contributed by atoms with Crippen LogP contribution in [0.4, 0.5) is 5.88 Å². The van der Waals surface area contributed by atoms with Gasteiger partial charge in [0.25, 0.3) is 0 Å². The van der Waals surface area contributed by atoms with E-state index in [1.807, 2.05) is 24.4 Å². The van der Waals surface area contributed by atoms with Gasteiger partial charge >= 0.3 is 0 Å². The molecule has 0 saturated heterocycles. The van der Waals surface area contributed by atoms with Gasteiger partial charge in [-0.2, -0.15) is 5.10 Å². The second kappa shape index (κ2) is 3.74. The largest absolute Gasteiger partial charge is 0.367 e. The van der Waals surface area contributed by atoms with Crippen molar-refractivity contribution in [2.45, 2.75) is 6.92 Å². The number of hydrogen-bond acceptors (Lipinski definition) is 5. The van der Waals surface area contributed by atoms with Gasteiger partial charge in [0.15, 0.2) is 0 Å². The summed E-state index contributed by atoms with van der Waals surface area (Å²) in [5, 5.41) is 12.9. The van der Waals surface area contributed by atoms with Gasteiger partial charge in [0, 0.05) is 16.1 Å². The minimum atomic E-state index is 0.336. The molecular weight excluding hydrogens is 236 g/mol. The summed E-state index contributed by atoms with van der Waals surface area (Å²) >= 11 is 1.60. The van der Waals surface area contributed by atoms with Crippen LogP contribution >= 0.6 is 11.3 Å².